The highest BCUT2D eigenvalue weighted by Crippen LogP contribution is 2.34. The Kier molecular flexibility index (Phi) is 6.77. The van der Waals surface area contributed by atoms with Crippen LogP contribution in [0.1, 0.15) is 42.2 Å². The number of rotatable bonds is 8. The molecule has 1 fully saturated rings. The van der Waals surface area contributed by atoms with E-state index in [0.29, 0.717) is 19.6 Å². The van der Waals surface area contributed by atoms with E-state index in [1.807, 2.05) is 17.5 Å². The van der Waals surface area contributed by atoms with Crippen molar-refractivity contribution in [2.45, 2.75) is 31.7 Å². The molecule has 1 aromatic carbocycles. The van der Waals surface area contributed by atoms with Crippen molar-refractivity contribution in [3.05, 3.63) is 58.0 Å². The van der Waals surface area contributed by atoms with Crippen LogP contribution < -0.4 is 0 Å². The molecule has 0 bridgehead atoms. The molecule has 0 N–H and O–H groups in total. The number of carbonyl (C=O) groups excluding carboxylic acids is 2. The van der Waals surface area contributed by atoms with Crippen LogP contribution in [0.3, 0.4) is 0 Å². The summed E-state index contributed by atoms with van der Waals surface area (Å²) in [4.78, 5) is 28.8. The van der Waals surface area contributed by atoms with E-state index in [1.54, 1.807) is 35.5 Å². The number of benzene rings is 1. The second-order valence-corrected chi connectivity index (χ2v) is 8.86. The van der Waals surface area contributed by atoms with Crippen molar-refractivity contribution >= 4 is 28.9 Å². The molecule has 0 radical (unpaired) electrons. The third-order valence-electron chi connectivity index (χ3n) is 5.88. The zero-order valence-corrected chi connectivity index (χ0v) is 18.3. The highest BCUT2D eigenvalue weighted by atomic mass is 32.1. The van der Waals surface area contributed by atoms with Crippen LogP contribution in [-0.2, 0) is 14.3 Å². The molecule has 1 aliphatic heterocycles. The number of hydrazone groups is 1. The van der Waals surface area contributed by atoms with Crippen LogP contribution in [0.15, 0.2) is 46.9 Å². The molecule has 0 saturated heterocycles. The van der Waals surface area contributed by atoms with Crippen molar-refractivity contribution < 1.29 is 18.7 Å². The zero-order valence-electron chi connectivity index (χ0n) is 17.5. The number of methoxy groups -OCH3 is 1. The van der Waals surface area contributed by atoms with Gasteiger partial charge in [-0.3, -0.25) is 9.59 Å². The lowest BCUT2D eigenvalue weighted by atomic mass is 9.84. The summed E-state index contributed by atoms with van der Waals surface area (Å²) in [5, 5.41) is 8.07. The Bertz CT molecular complexity index is 941. The van der Waals surface area contributed by atoms with E-state index in [9.17, 15) is 14.0 Å². The Morgan fingerprint density at radius 1 is 1.26 bits per heavy atom. The third kappa shape index (κ3) is 4.85. The summed E-state index contributed by atoms with van der Waals surface area (Å²) in [6, 6.07) is 9.77. The lowest BCUT2D eigenvalue weighted by Gasteiger charge is -2.32. The third-order valence-corrected chi connectivity index (χ3v) is 6.80. The van der Waals surface area contributed by atoms with E-state index in [2.05, 4.69) is 5.10 Å². The monoisotopic (exact) mass is 443 g/mol. The molecule has 2 aliphatic rings. The van der Waals surface area contributed by atoms with Gasteiger partial charge in [0.05, 0.1) is 23.2 Å². The maximum Gasteiger partial charge on any atom is 0.262 e. The summed E-state index contributed by atoms with van der Waals surface area (Å²) in [5.74, 6) is -0.557. The highest BCUT2D eigenvalue weighted by molar-refractivity contribution is 7.12. The summed E-state index contributed by atoms with van der Waals surface area (Å²) < 4.78 is 18.6. The van der Waals surface area contributed by atoms with Gasteiger partial charge in [-0.2, -0.15) is 5.10 Å². The standard InChI is InChI=1S/C23H26FN3O3S/c1-30-12-11-26(23(29)17-4-2-5-17)15-22(28)27-20(16-7-9-18(24)10-8-16)14-19(25-27)21-6-3-13-31-21/h3,6-10,13,17,20H,2,4-5,11-12,14-15H2,1H3/t20-/m0/s1. The fourth-order valence-electron chi connectivity index (χ4n) is 3.89. The number of nitrogens with zero attached hydrogens (tertiary/aromatic N) is 3. The van der Waals surface area contributed by atoms with Crippen molar-refractivity contribution in [3.63, 3.8) is 0 Å². The summed E-state index contributed by atoms with van der Waals surface area (Å²) in [6.45, 7) is 0.697. The molecule has 4 rings (SSSR count). The van der Waals surface area contributed by atoms with Crippen LogP contribution in [0.25, 0.3) is 0 Å². The Labute approximate surface area is 185 Å². The predicted octanol–water partition coefficient (Wildman–Crippen LogP) is 3.84. The van der Waals surface area contributed by atoms with Gasteiger partial charge in [0.1, 0.15) is 12.4 Å². The zero-order chi connectivity index (χ0) is 21.8. The molecule has 164 valence electrons. The molecule has 0 unspecified atom stereocenters. The highest BCUT2D eigenvalue weighted by Gasteiger charge is 2.36. The first-order valence-corrected chi connectivity index (χ1v) is 11.4. The van der Waals surface area contributed by atoms with Gasteiger partial charge in [0.25, 0.3) is 5.91 Å². The minimum Gasteiger partial charge on any atom is -0.383 e. The van der Waals surface area contributed by atoms with Crippen LogP contribution in [0.4, 0.5) is 4.39 Å². The van der Waals surface area contributed by atoms with Gasteiger partial charge < -0.3 is 9.64 Å². The summed E-state index contributed by atoms with van der Waals surface area (Å²) in [7, 11) is 1.58. The second kappa shape index (κ2) is 9.70. The van der Waals surface area contributed by atoms with E-state index in [4.69, 9.17) is 4.74 Å². The molecule has 1 aromatic heterocycles. The molecule has 2 aromatic rings. The largest absolute Gasteiger partial charge is 0.383 e. The number of hydrogen-bond donors (Lipinski definition) is 0. The fourth-order valence-corrected chi connectivity index (χ4v) is 4.62. The molecule has 31 heavy (non-hydrogen) atoms. The molecule has 1 saturated carbocycles. The van der Waals surface area contributed by atoms with Gasteiger partial charge in [0.15, 0.2) is 0 Å². The molecule has 1 aliphatic carbocycles. The number of amides is 2. The van der Waals surface area contributed by atoms with E-state index in [-0.39, 0.29) is 36.1 Å². The van der Waals surface area contributed by atoms with Crippen molar-refractivity contribution in [2.24, 2.45) is 11.0 Å². The molecule has 6 nitrogen and oxygen atoms in total. The fraction of sp³-hybridized carbons (Fsp3) is 0.435. The van der Waals surface area contributed by atoms with E-state index in [1.165, 1.54) is 17.1 Å². The number of hydrogen-bond acceptors (Lipinski definition) is 5. The van der Waals surface area contributed by atoms with E-state index in [0.717, 1.165) is 35.4 Å². The van der Waals surface area contributed by atoms with Gasteiger partial charge >= 0.3 is 0 Å². The smallest absolute Gasteiger partial charge is 0.262 e. The summed E-state index contributed by atoms with van der Waals surface area (Å²) >= 11 is 1.57. The van der Waals surface area contributed by atoms with Crippen LogP contribution in [0.5, 0.6) is 0 Å². The number of halogens is 1. The normalized spacial score (nSPS) is 18.6. The number of carbonyl (C=O) groups is 2. The molecule has 2 amide bonds. The molecular formula is C23H26FN3O3S. The average molecular weight is 444 g/mol. The Balaban J connectivity index is 1.56. The van der Waals surface area contributed by atoms with Crippen LogP contribution >= 0.6 is 11.3 Å². The topological polar surface area (TPSA) is 62.2 Å². The van der Waals surface area contributed by atoms with Gasteiger partial charge in [-0.1, -0.05) is 24.6 Å². The van der Waals surface area contributed by atoms with Crippen molar-refractivity contribution in [1.29, 1.82) is 0 Å². The number of thiophene rings is 1. The molecule has 0 spiro atoms. The predicted molar refractivity (Wildman–Crippen MR) is 117 cm³/mol. The van der Waals surface area contributed by atoms with Gasteiger partial charge in [-0.05, 0) is 42.0 Å². The Morgan fingerprint density at radius 3 is 2.65 bits per heavy atom. The first-order valence-electron chi connectivity index (χ1n) is 10.5. The van der Waals surface area contributed by atoms with Crippen LogP contribution in [0.2, 0.25) is 0 Å². The lowest BCUT2D eigenvalue weighted by molar-refractivity contribution is -0.146. The first kappa shape index (κ1) is 21.6. The van der Waals surface area contributed by atoms with Crippen molar-refractivity contribution in [1.82, 2.24) is 9.91 Å². The average Bonchev–Trinajstić information content (AvgIpc) is 3.40. The quantitative estimate of drug-likeness (QED) is 0.623. The Hall–Kier alpha value is -2.58. The maximum absolute atomic E-state index is 13.5. The van der Waals surface area contributed by atoms with Gasteiger partial charge in [0, 0.05) is 26.0 Å². The molecule has 1 atom stereocenters. The summed E-state index contributed by atoms with van der Waals surface area (Å²) in [5.41, 5.74) is 1.64. The van der Waals surface area contributed by atoms with E-state index >= 15 is 0 Å². The minimum atomic E-state index is -0.326. The van der Waals surface area contributed by atoms with E-state index < -0.39 is 0 Å². The van der Waals surface area contributed by atoms with Crippen LogP contribution in [0, 0.1) is 11.7 Å². The number of ether oxygens (including phenoxy) is 1. The SMILES string of the molecule is COCCN(CC(=O)N1N=C(c2cccs2)C[C@H]1c1ccc(F)cc1)C(=O)C1CCC1. The Morgan fingerprint density at radius 2 is 2.03 bits per heavy atom. The van der Waals surface area contributed by atoms with Gasteiger partial charge in [0.2, 0.25) is 5.91 Å². The van der Waals surface area contributed by atoms with Gasteiger partial charge in [-0.15, -0.1) is 11.3 Å². The first-order chi connectivity index (χ1) is 15.1. The minimum absolute atomic E-state index is 0.00121. The van der Waals surface area contributed by atoms with Gasteiger partial charge in [-0.25, -0.2) is 9.40 Å². The second-order valence-electron chi connectivity index (χ2n) is 7.91. The summed E-state index contributed by atoms with van der Waals surface area (Å²) in [6.07, 6.45) is 3.35. The lowest BCUT2D eigenvalue weighted by Crippen LogP contribution is -2.46. The molecule has 8 heteroatoms. The van der Waals surface area contributed by atoms with Crippen molar-refractivity contribution in [3.8, 4) is 0 Å². The molecule has 2 heterocycles. The maximum atomic E-state index is 13.5. The van der Waals surface area contributed by atoms with Crippen molar-refractivity contribution in [2.75, 3.05) is 26.8 Å². The molecular weight excluding hydrogens is 417 g/mol. The van der Waals surface area contributed by atoms with Crippen LogP contribution in [-0.4, -0.2) is 54.2 Å².